The maximum Gasteiger partial charge on any atom is 0.228 e. The summed E-state index contributed by atoms with van der Waals surface area (Å²) in [4.78, 5) is 12.1. The van der Waals surface area contributed by atoms with E-state index in [1.165, 1.54) is 10.6 Å². The predicted molar refractivity (Wildman–Crippen MR) is 89.4 cm³/mol. The topological polar surface area (TPSA) is 29.1 Å². The fourth-order valence-electron chi connectivity index (χ4n) is 2.38. The van der Waals surface area contributed by atoms with Gasteiger partial charge in [0.15, 0.2) is 0 Å². The van der Waals surface area contributed by atoms with Crippen molar-refractivity contribution in [2.24, 2.45) is 0 Å². The summed E-state index contributed by atoms with van der Waals surface area (Å²) in [5.74, 6) is 0.223. The molecule has 3 rings (SSSR count). The number of hydrogen-bond acceptors (Lipinski definition) is 1. The standard InChI is InChI=1S/C16H17NOP2/c18-16-15(20-13-9-5-2-6-10-13)14(11-17-16)19-12-7-3-1-4-8-12/h1-10,14-15,19-20H,11H2,(H,17,18). The van der Waals surface area contributed by atoms with Gasteiger partial charge in [0.1, 0.15) is 0 Å². The minimum atomic E-state index is 0.135. The van der Waals surface area contributed by atoms with E-state index in [-0.39, 0.29) is 11.6 Å². The number of carbonyl (C=O) groups excluding carboxylic acids is 1. The maximum absolute atomic E-state index is 12.1. The Morgan fingerprint density at radius 3 is 2.00 bits per heavy atom. The fraction of sp³-hybridized carbons (Fsp3) is 0.188. The Bertz CT molecular complexity index is 574. The number of benzene rings is 2. The molecule has 2 nitrogen and oxygen atoms in total. The van der Waals surface area contributed by atoms with Gasteiger partial charge in [-0.1, -0.05) is 77.8 Å². The lowest BCUT2D eigenvalue weighted by Gasteiger charge is -2.17. The molecular formula is C16H17NOP2. The second kappa shape index (κ2) is 6.48. The van der Waals surface area contributed by atoms with Gasteiger partial charge in [-0.25, -0.2) is 0 Å². The third-order valence-electron chi connectivity index (χ3n) is 3.40. The molecule has 1 saturated heterocycles. The second-order valence-corrected chi connectivity index (χ2v) is 7.95. The van der Waals surface area contributed by atoms with Gasteiger partial charge in [0.25, 0.3) is 0 Å². The minimum Gasteiger partial charge on any atom is -0.355 e. The lowest BCUT2D eigenvalue weighted by atomic mass is 10.3. The molecule has 4 unspecified atom stereocenters. The molecule has 4 heteroatoms. The summed E-state index contributed by atoms with van der Waals surface area (Å²) in [6.45, 7) is 0.816. The molecule has 1 fully saturated rings. The number of carbonyl (C=O) groups is 1. The maximum atomic E-state index is 12.1. The average molecular weight is 301 g/mol. The Morgan fingerprint density at radius 2 is 1.40 bits per heavy atom. The van der Waals surface area contributed by atoms with Crippen molar-refractivity contribution in [3.05, 3.63) is 60.7 Å². The summed E-state index contributed by atoms with van der Waals surface area (Å²) in [5.41, 5.74) is 0.569. The van der Waals surface area contributed by atoms with Crippen LogP contribution in [0.25, 0.3) is 0 Å². The van der Waals surface area contributed by atoms with Crippen molar-refractivity contribution in [3.63, 3.8) is 0 Å². The zero-order valence-electron chi connectivity index (χ0n) is 11.0. The van der Waals surface area contributed by atoms with E-state index in [1.807, 2.05) is 24.3 Å². The summed E-state index contributed by atoms with van der Waals surface area (Å²) in [7, 11) is 1.27. The first kappa shape index (κ1) is 13.7. The van der Waals surface area contributed by atoms with Gasteiger partial charge in [0, 0.05) is 12.2 Å². The van der Waals surface area contributed by atoms with Gasteiger partial charge in [-0.05, 0) is 10.6 Å². The summed E-state index contributed by atoms with van der Waals surface area (Å²) < 4.78 is 0. The molecule has 0 bridgehead atoms. The van der Waals surface area contributed by atoms with Gasteiger partial charge in [0.05, 0.1) is 5.66 Å². The summed E-state index contributed by atoms with van der Waals surface area (Å²) in [6, 6.07) is 20.8. The lowest BCUT2D eigenvalue weighted by Crippen LogP contribution is -2.24. The van der Waals surface area contributed by atoms with E-state index in [0.29, 0.717) is 22.8 Å². The van der Waals surface area contributed by atoms with E-state index in [9.17, 15) is 4.79 Å². The largest absolute Gasteiger partial charge is 0.355 e. The normalized spacial score (nSPS) is 22.9. The fourth-order valence-corrected chi connectivity index (χ4v) is 5.52. The van der Waals surface area contributed by atoms with Crippen LogP contribution in [0.5, 0.6) is 0 Å². The van der Waals surface area contributed by atoms with Crippen molar-refractivity contribution in [3.8, 4) is 0 Å². The third kappa shape index (κ3) is 3.26. The van der Waals surface area contributed by atoms with Crippen LogP contribution in [-0.2, 0) is 4.79 Å². The Balaban J connectivity index is 1.72. The van der Waals surface area contributed by atoms with Crippen molar-refractivity contribution in [1.29, 1.82) is 0 Å². The molecule has 0 aliphatic carbocycles. The zero-order valence-corrected chi connectivity index (χ0v) is 13.0. The summed E-state index contributed by atoms with van der Waals surface area (Å²) >= 11 is 0. The average Bonchev–Trinajstić information content (AvgIpc) is 2.83. The molecule has 0 saturated carbocycles. The Morgan fingerprint density at radius 1 is 0.850 bits per heavy atom. The van der Waals surface area contributed by atoms with E-state index < -0.39 is 0 Å². The van der Waals surface area contributed by atoms with E-state index >= 15 is 0 Å². The predicted octanol–water partition coefficient (Wildman–Crippen LogP) is 1.86. The van der Waals surface area contributed by atoms with Crippen LogP contribution in [0.15, 0.2) is 60.7 Å². The summed E-state index contributed by atoms with van der Waals surface area (Å²) in [6.07, 6.45) is 0. The Labute approximate surface area is 122 Å². The molecule has 0 spiro atoms. The molecule has 1 N–H and O–H groups in total. The Kier molecular flexibility index (Phi) is 4.45. The van der Waals surface area contributed by atoms with Crippen LogP contribution in [-0.4, -0.2) is 23.8 Å². The molecule has 102 valence electrons. The monoisotopic (exact) mass is 301 g/mol. The highest BCUT2D eigenvalue weighted by Crippen LogP contribution is 2.35. The Hall–Kier alpha value is -1.23. The van der Waals surface area contributed by atoms with Crippen molar-refractivity contribution < 1.29 is 4.79 Å². The summed E-state index contributed by atoms with van der Waals surface area (Å²) in [5, 5.41) is 5.65. The van der Waals surface area contributed by atoms with E-state index in [2.05, 4.69) is 41.7 Å². The minimum absolute atomic E-state index is 0.135. The molecule has 2 aromatic carbocycles. The molecule has 2 aromatic rings. The molecule has 20 heavy (non-hydrogen) atoms. The second-order valence-electron chi connectivity index (χ2n) is 4.85. The molecule has 0 radical (unpaired) electrons. The zero-order chi connectivity index (χ0) is 13.8. The van der Waals surface area contributed by atoms with Crippen LogP contribution in [0.2, 0.25) is 0 Å². The van der Waals surface area contributed by atoms with Gasteiger partial charge in [0.2, 0.25) is 5.91 Å². The van der Waals surface area contributed by atoms with Crippen molar-refractivity contribution >= 4 is 33.7 Å². The molecule has 1 amide bonds. The quantitative estimate of drug-likeness (QED) is 0.858. The highest BCUT2D eigenvalue weighted by Gasteiger charge is 2.34. The number of rotatable bonds is 4. The SMILES string of the molecule is O=C1NCC(Pc2ccccc2)C1Pc1ccccc1. The van der Waals surface area contributed by atoms with Gasteiger partial charge in [-0.2, -0.15) is 0 Å². The molecule has 1 aliphatic heterocycles. The van der Waals surface area contributed by atoms with E-state index in [1.54, 1.807) is 0 Å². The van der Waals surface area contributed by atoms with Crippen molar-refractivity contribution in [2.75, 3.05) is 6.54 Å². The number of nitrogens with one attached hydrogen (secondary N) is 1. The first-order valence-electron chi connectivity index (χ1n) is 6.74. The van der Waals surface area contributed by atoms with Crippen LogP contribution in [0, 0.1) is 0 Å². The van der Waals surface area contributed by atoms with Crippen molar-refractivity contribution in [2.45, 2.75) is 11.3 Å². The van der Waals surface area contributed by atoms with Gasteiger partial charge < -0.3 is 5.32 Å². The molecule has 4 atom stereocenters. The van der Waals surface area contributed by atoms with E-state index in [4.69, 9.17) is 0 Å². The van der Waals surface area contributed by atoms with Gasteiger partial charge >= 0.3 is 0 Å². The van der Waals surface area contributed by atoms with Crippen LogP contribution in [0.4, 0.5) is 0 Å². The van der Waals surface area contributed by atoms with E-state index in [0.717, 1.165) is 6.54 Å². The van der Waals surface area contributed by atoms with Crippen LogP contribution in [0.1, 0.15) is 0 Å². The molecule has 1 heterocycles. The van der Waals surface area contributed by atoms with Gasteiger partial charge in [-0.3, -0.25) is 4.79 Å². The smallest absolute Gasteiger partial charge is 0.228 e. The lowest BCUT2D eigenvalue weighted by molar-refractivity contribution is -0.118. The number of amides is 1. The highest BCUT2D eigenvalue weighted by atomic mass is 31.1. The van der Waals surface area contributed by atoms with Crippen molar-refractivity contribution in [1.82, 2.24) is 5.32 Å². The number of hydrogen-bond donors (Lipinski definition) is 1. The molecule has 1 aliphatic rings. The first-order chi connectivity index (χ1) is 9.83. The molecular weight excluding hydrogens is 284 g/mol. The van der Waals surface area contributed by atoms with Crippen LogP contribution < -0.4 is 15.9 Å². The highest BCUT2D eigenvalue weighted by molar-refractivity contribution is 7.53. The van der Waals surface area contributed by atoms with Gasteiger partial charge in [-0.15, -0.1) is 0 Å². The third-order valence-corrected chi connectivity index (χ3v) is 6.95. The van der Waals surface area contributed by atoms with Crippen LogP contribution >= 0.6 is 17.2 Å². The molecule has 0 aromatic heterocycles. The first-order valence-corrected chi connectivity index (χ1v) is 8.89. The van der Waals surface area contributed by atoms with Crippen LogP contribution in [0.3, 0.4) is 0 Å².